The molecule has 0 aliphatic carbocycles. The lowest BCUT2D eigenvalue weighted by atomic mass is 9.81. The number of halogens is 3. The average Bonchev–Trinajstić information content (AvgIpc) is 3.34. The van der Waals surface area contributed by atoms with Crippen molar-refractivity contribution >= 4 is 17.6 Å². The van der Waals surface area contributed by atoms with Crippen LogP contribution in [-0.4, -0.2) is 35.9 Å². The van der Waals surface area contributed by atoms with Gasteiger partial charge < -0.3 is 15.2 Å². The van der Waals surface area contributed by atoms with E-state index in [1.54, 1.807) is 30.3 Å². The maximum Gasteiger partial charge on any atom is 0.435 e. The first-order valence-electron chi connectivity index (χ1n) is 11.4. The topological polar surface area (TPSA) is 123 Å². The lowest BCUT2D eigenvalue weighted by Gasteiger charge is -2.35. The lowest BCUT2D eigenvalue weighted by molar-refractivity contribution is -0.141. The second-order valence-electron chi connectivity index (χ2n) is 8.43. The van der Waals surface area contributed by atoms with E-state index in [1.807, 2.05) is 6.07 Å². The maximum atomic E-state index is 13.1. The number of ether oxygens (including phenoxy) is 2. The molecular weight excluding hydrogens is 515 g/mol. The van der Waals surface area contributed by atoms with Crippen LogP contribution in [0.3, 0.4) is 0 Å². The summed E-state index contributed by atoms with van der Waals surface area (Å²) >= 11 is 0. The van der Waals surface area contributed by atoms with Gasteiger partial charge in [-0.2, -0.15) is 23.5 Å². The number of hydrogen-bond donors (Lipinski definition) is 1. The molecule has 1 unspecified atom stereocenters. The van der Waals surface area contributed by atoms with E-state index in [1.165, 1.54) is 36.1 Å². The molecule has 0 saturated carbocycles. The summed E-state index contributed by atoms with van der Waals surface area (Å²) < 4.78 is 50.5. The first-order valence-corrected chi connectivity index (χ1v) is 11.4. The van der Waals surface area contributed by atoms with E-state index in [-0.39, 0.29) is 34.0 Å². The van der Waals surface area contributed by atoms with Crippen LogP contribution >= 0.6 is 0 Å². The Morgan fingerprint density at radius 1 is 1.00 bits per heavy atom. The van der Waals surface area contributed by atoms with Crippen LogP contribution in [0.15, 0.2) is 83.3 Å². The van der Waals surface area contributed by atoms with Crippen molar-refractivity contribution in [2.75, 3.05) is 19.1 Å². The Kier molecular flexibility index (Phi) is 7.18. The number of esters is 2. The van der Waals surface area contributed by atoms with Crippen LogP contribution in [0.2, 0.25) is 0 Å². The van der Waals surface area contributed by atoms with E-state index in [9.17, 15) is 28.0 Å². The number of carbonyl (C=O) groups is 2. The number of aromatic nitrogens is 2. The van der Waals surface area contributed by atoms with Crippen LogP contribution in [0.5, 0.6) is 0 Å². The van der Waals surface area contributed by atoms with Gasteiger partial charge in [-0.25, -0.2) is 14.3 Å². The summed E-state index contributed by atoms with van der Waals surface area (Å²) in [5, 5.41) is 13.7. The van der Waals surface area contributed by atoms with E-state index in [4.69, 9.17) is 15.2 Å². The first-order chi connectivity index (χ1) is 18.5. The highest BCUT2D eigenvalue weighted by Gasteiger charge is 2.43. The number of carbonyl (C=O) groups excluding carboxylic acids is 2. The van der Waals surface area contributed by atoms with Crippen LogP contribution in [0, 0.1) is 18.3 Å². The SMILES string of the molecule is COC(=O)C1=C(C(=O)OC)N(c2ccc(-n3nc(C(F)(F)F)cc3C)cc2)C(N)=C(C#N)C1c1ccccc1. The summed E-state index contributed by atoms with van der Waals surface area (Å²) in [5.41, 5.74) is 6.25. The number of nitrogens with zero attached hydrogens (tertiary/aromatic N) is 4. The van der Waals surface area contributed by atoms with Gasteiger partial charge in [0.1, 0.15) is 11.5 Å². The van der Waals surface area contributed by atoms with Gasteiger partial charge >= 0.3 is 18.1 Å². The number of rotatable bonds is 5. The van der Waals surface area contributed by atoms with E-state index in [0.29, 0.717) is 11.3 Å². The molecule has 0 amide bonds. The second-order valence-corrected chi connectivity index (χ2v) is 8.43. The van der Waals surface area contributed by atoms with Gasteiger partial charge in [-0.3, -0.25) is 4.90 Å². The molecule has 0 fully saturated rings. The first kappa shape index (κ1) is 27.0. The molecule has 12 heteroatoms. The Morgan fingerprint density at radius 2 is 1.59 bits per heavy atom. The predicted octanol–water partition coefficient (Wildman–Crippen LogP) is 4.10. The quantitative estimate of drug-likeness (QED) is 0.483. The summed E-state index contributed by atoms with van der Waals surface area (Å²) in [7, 11) is 2.27. The monoisotopic (exact) mass is 537 g/mol. The number of alkyl halides is 3. The summed E-state index contributed by atoms with van der Waals surface area (Å²) in [6.07, 6.45) is -4.61. The molecule has 0 bridgehead atoms. The third-order valence-electron chi connectivity index (χ3n) is 6.14. The van der Waals surface area contributed by atoms with Crippen LogP contribution in [0.1, 0.15) is 22.9 Å². The molecule has 4 rings (SSSR count). The number of aryl methyl sites for hydroxylation is 1. The number of hydrogen-bond acceptors (Lipinski definition) is 8. The van der Waals surface area contributed by atoms with Crippen LogP contribution in [0.25, 0.3) is 5.69 Å². The molecule has 2 heterocycles. The molecule has 39 heavy (non-hydrogen) atoms. The van der Waals surface area contributed by atoms with Crippen molar-refractivity contribution < 1.29 is 32.2 Å². The van der Waals surface area contributed by atoms with Crippen LogP contribution < -0.4 is 10.6 Å². The van der Waals surface area contributed by atoms with Crippen LogP contribution in [-0.2, 0) is 25.2 Å². The molecule has 1 aliphatic rings. The van der Waals surface area contributed by atoms with Gasteiger partial charge in [0, 0.05) is 11.4 Å². The van der Waals surface area contributed by atoms with Crippen molar-refractivity contribution in [1.82, 2.24) is 9.78 Å². The molecule has 0 spiro atoms. The largest absolute Gasteiger partial charge is 0.466 e. The van der Waals surface area contributed by atoms with Crippen molar-refractivity contribution in [2.24, 2.45) is 5.73 Å². The highest BCUT2D eigenvalue weighted by molar-refractivity contribution is 6.06. The number of benzene rings is 2. The summed E-state index contributed by atoms with van der Waals surface area (Å²) in [6.45, 7) is 1.48. The number of nitrogens with two attached hydrogens (primary N) is 1. The van der Waals surface area contributed by atoms with E-state index < -0.39 is 29.7 Å². The Labute approximate surface area is 221 Å². The molecule has 1 aliphatic heterocycles. The minimum absolute atomic E-state index is 0.0175. The zero-order chi connectivity index (χ0) is 28.5. The van der Waals surface area contributed by atoms with E-state index >= 15 is 0 Å². The standard InChI is InChI=1S/C27H22F3N5O4/c1-15-13-20(27(28,29)30)33-35(15)18-11-9-17(10-12-18)34-23(26(37)39-3)22(25(36)38-2)21(19(14-31)24(34)32)16-7-5-4-6-8-16/h4-13,21H,32H2,1-3H3. The number of anilines is 1. The fourth-order valence-corrected chi connectivity index (χ4v) is 4.40. The van der Waals surface area contributed by atoms with Gasteiger partial charge in [-0.15, -0.1) is 0 Å². The molecule has 1 atom stereocenters. The van der Waals surface area contributed by atoms with Gasteiger partial charge in [0.15, 0.2) is 5.69 Å². The highest BCUT2D eigenvalue weighted by Crippen LogP contribution is 2.43. The smallest absolute Gasteiger partial charge is 0.435 e. The zero-order valence-electron chi connectivity index (χ0n) is 21.0. The summed E-state index contributed by atoms with van der Waals surface area (Å²) in [5.74, 6) is -2.96. The second kappa shape index (κ2) is 10.4. The Morgan fingerprint density at radius 3 is 2.10 bits per heavy atom. The van der Waals surface area contributed by atoms with Gasteiger partial charge in [0.25, 0.3) is 0 Å². The number of nitriles is 1. The molecule has 1 aromatic heterocycles. The van der Waals surface area contributed by atoms with Crippen LogP contribution in [0.4, 0.5) is 18.9 Å². The molecule has 3 aromatic rings. The minimum Gasteiger partial charge on any atom is -0.466 e. The normalized spacial score (nSPS) is 15.7. The van der Waals surface area contributed by atoms with Crippen molar-refractivity contribution in [1.29, 1.82) is 5.26 Å². The Balaban J connectivity index is 1.91. The van der Waals surface area contributed by atoms with E-state index in [2.05, 4.69) is 5.10 Å². The van der Waals surface area contributed by atoms with Crippen molar-refractivity contribution in [3.8, 4) is 11.8 Å². The Hall–Kier alpha value is -5.05. The molecule has 9 nitrogen and oxygen atoms in total. The van der Waals surface area contributed by atoms with Gasteiger partial charge in [0.2, 0.25) is 0 Å². The molecule has 0 radical (unpaired) electrons. The fourth-order valence-electron chi connectivity index (χ4n) is 4.40. The average molecular weight is 537 g/mol. The third-order valence-corrected chi connectivity index (χ3v) is 6.14. The summed E-state index contributed by atoms with van der Waals surface area (Å²) in [6, 6.07) is 17.3. The van der Waals surface area contributed by atoms with Crippen molar-refractivity contribution in [2.45, 2.75) is 19.0 Å². The van der Waals surface area contributed by atoms with Crippen molar-refractivity contribution in [3.63, 3.8) is 0 Å². The third kappa shape index (κ3) is 4.82. The highest BCUT2D eigenvalue weighted by atomic mass is 19.4. The maximum absolute atomic E-state index is 13.1. The molecule has 200 valence electrons. The predicted molar refractivity (Wildman–Crippen MR) is 133 cm³/mol. The number of allylic oxidation sites excluding steroid dienone is 1. The van der Waals surface area contributed by atoms with Gasteiger partial charge in [0.05, 0.1) is 43.0 Å². The Bertz CT molecular complexity index is 1530. The molecular formula is C27H22F3N5O4. The fraction of sp³-hybridized carbons (Fsp3) is 0.185. The van der Waals surface area contributed by atoms with E-state index in [0.717, 1.165) is 25.0 Å². The summed E-state index contributed by atoms with van der Waals surface area (Å²) in [4.78, 5) is 27.4. The zero-order valence-corrected chi connectivity index (χ0v) is 21.0. The van der Waals surface area contributed by atoms with Crippen molar-refractivity contribution in [3.05, 3.63) is 100 Å². The molecule has 0 saturated heterocycles. The van der Waals surface area contributed by atoms with Gasteiger partial charge in [-0.1, -0.05) is 30.3 Å². The number of methoxy groups -OCH3 is 2. The molecule has 2 N–H and O–H groups in total. The lowest BCUT2D eigenvalue weighted by Crippen LogP contribution is -2.40. The van der Waals surface area contributed by atoms with Gasteiger partial charge in [-0.05, 0) is 42.8 Å². The minimum atomic E-state index is -4.61. The molecule has 2 aromatic carbocycles.